The summed E-state index contributed by atoms with van der Waals surface area (Å²) in [6.45, 7) is 9.34. The second-order valence-corrected chi connectivity index (χ2v) is 5.64. The molecule has 0 saturated heterocycles. The van der Waals surface area contributed by atoms with E-state index < -0.39 is 0 Å². The van der Waals surface area contributed by atoms with Crippen molar-refractivity contribution in [1.82, 2.24) is 5.29 Å². The van der Waals surface area contributed by atoms with Gasteiger partial charge in [-0.05, 0) is 41.9 Å². The Hall–Kier alpha value is -1.33. The van der Waals surface area contributed by atoms with Crippen molar-refractivity contribution in [1.29, 1.82) is 0 Å². The molecule has 0 aliphatic rings. The van der Waals surface area contributed by atoms with Gasteiger partial charge < -0.3 is 9.47 Å². The summed E-state index contributed by atoms with van der Waals surface area (Å²) in [6, 6.07) is 7.36. The Morgan fingerprint density at radius 2 is 1.55 bits per heavy atom. The summed E-state index contributed by atoms with van der Waals surface area (Å²) in [5.74, 6) is 1.52. The molecule has 0 amide bonds. The fourth-order valence-electron chi connectivity index (χ4n) is 1.32. The van der Waals surface area contributed by atoms with E-state index in [1.165, 1.54) is 0 Å². The van der Waals surface area contributed by atoms with E-state index in [-0.39, 0.29) is 23.9 Å². The molecule has 20 heavy (non-hydrogen) atoms. The van der Waals surface area contributed by atoms with Gasteiger partial charge >= 0.3 is 0 Å². The first-order valence-corrected chi connectivity index (χ1v) is 6.82. The maximum atomic E-state index is 12.6. The molecule has 1 aromatic rings. The lowest BCUT2D eigenvalue weighted by Gasteiger charge is -2.18. The number of benzene rings is 1. The van der Waals surface area contributed by atoms with Gasteiger partial charge in [0.2, 0.25) is 0 Å². The molecule has 0 aromatic heterocycles. The highest BCUT2D eigenvalue weighted by Crippen LogP contribution is 2.20. The van der Waals surface area contributed by atoms with Crippen molar-refractivity contribution < 1.29 is 18.8 Å². The zero-order valence-corrected chi connectivity index (χ0v) is 12.7. The zero-order chi connectivity index (χ0) is 15.0. The molecule has 4 nitrogen and oxygen atoms in total. The first-order chi connectivity index (χ1) is 9.40. The predicted octanol–water partition coefficient (Wildman–Crippen LogP) is 3.63. The van der Waals surface area contributed by atoms with Crippen LogP contribution < -0.4 is 9.47 Å². The van der Waals surface area contributed by atoms with E-state index >= 15 is 0 Å². The molecule has 1 aromatic carbocycles. The molecule has 0 aliphatic heterocycles. The van der Waals surface area contributed by atoms with Crippen LogP contribution in [0, 0.1) is 5.41 Å². The minimum Gasteiger partial charge on any atom is -0.493 e. The molecule has 0 fully saturated rings. The fraction of sp³-hybridized carbons (Fsp3) is 0.600. The topological polar surface area (TPSA) is 30.9 Å². The number of ether oxygens (including phenoxy) is 2. The molecule has 0 heterocycles. The van der Waals surface area contributed by atoms with Crippen LogP contribution in [0.15, 0.2) is 24.3 Å². The Morgan fingerprint density at radius 1 is 1.00 bits per heavy atom. The van der Waals surface area contributed by atoms with E-state index in [1.807, 2.05) is 24.3 Å². The minimum absolute atomic E-state index is 0.129. The average molecular weight is 285 g/mol. The Balaban J connectivity index is 2.28. The fourth-order valence-corrected chi connectivity index (χ4v) is 1.32. The number of hydrogen-bond donors (Lipinski definition) is 0. The van der Waals surface area contributed by atoms with Crippen molar-refractivity contribution in [3.63, 3.8) is 0 Å². The van der Waals surface area contributed by atoms with Gasteiger partial charge in [0.1, 0.15) is 24.7 Å². The van der Waals surface area contributed by atoms with E-state index in [4.69, 9.17) is 14.3 Å². The van der Waals surface area contributed by atoms with Crippen molar-refractivity contribution in [2.45, 2.75) is 27.7 Å². The van der Waals surface area contributed by atoms with Gasteiger partial charge in [0.05, 0.1) is 13.2 Å². The molecule has 0 spiro atoms. The van der Waals surface area contributed by atoms with Gasteiger partial charge in [-0.15, -0.1) is 4.48 Å². The van der Waals surface area contributed by atoms with E-state index in [1.54, 1.807) is 6.92 Å². The maximum absolute atomic E-state index is 12.6. The van der Waals surface area contributed by atoms with Crippen LogP contribution in [0.2, 0.25) is 0 Å². The SMILES string of the molecule is CCN(F)OCCOc1ccc(OCC(C)(C)C)cc1. The van der Waals surface area contributed by atoms with Crippen LogP contribution in [0.5, 0.6) is 11.5 Å². The molecule has 5 heteroatoms. The molecular formula is C15H24FNO3. The minimum atomic E-state index is 0.129. The molecule has 0 radical (unpaired) electrons. The van der Waals surface area contributed by atoms with Gasteiger partial charge in [0.25, 0.3) is 0 Å². The lowest BCUT2D eigenvalue weighted by molar-refractivity contribution is -0.279. The predicted molar refractivity (Wildman–Crippen MR) is 76.3 cm³/mol. The quantitative estimate of drug-likeness (QED) is 0.414. The smallest absolute Gasteiger partial charge is 0.119 e. The summed E-state index contributed by atoms with van der Waals surface area (Å²) < 4.78 is 23.7. The maximum Gasteiger partial charge on any atom is 0.119 e. The van der Waals surface area contributed by atoms with E-state index in [2.05, 4.69) is 20.8 Å². The van der Waals surface area contributed by atoms with Crippen molar-refractivity contribution in [2.24, 2.45) is 5.41 Å². The van der Waals surface area contributed by atoms with Crippen LogP contribution in [0.25, 0.3) is 0 Å². The second-order valence-electron chi connectivity index (χ2n) is 5.64. The third-order valence-corrected chi connectivity index (χ3v) is 2.33. The number of nitrogens with zero attached hydrogens (tertiary/aromatic N) is 1. The molecule has 0 bridgehead atoms. The Morgan fingerprint density at radius 3 is 2.05 bits per heavy atom. The molecule has 114 valence electrons. The standard InChI is InChI=1S/C15H24FNO3/c1-5-17(16)20-11-10-18-13-6-8-14(9-7-13)19-12-15(2,3)4/h6-9H,5,10-12H2,1-4H3. The molecule has 0 unspecified atom stereocenters. The summed E-state index contributed by atoms with van der Waals surface area (Å²) in [5.41, 5.74) is 0.129. The first-order valence-electron chi connectivity index (χ1n) is 6.82. The number of hydroxylamine groups is 1. The lowest BCUT2D eigenvalue weighted by Crippen LogP contribution is -2.18. The second kappa shape index (κ2) is 8.07. The van der Waals surface area contributed by atoms with Crippen LogP contribution in [-0.4, -0.2) is 31.7 Å². The largest absolute Gasteiger partial charge is 0.493 e. The van der Waals surface area contributed by atoms with Gasteiger partial charge in [0.15, 0.2) is 0 Å². The number of halogens is 1. The Bertz CT molecular complexity index is 376. The monoisotopic (exact) mass is 285 g/mol. The Kier molecular flexibility index (Phi) is 6.75. The van der Waals surface area contributed by atoms with Crippen LogP contribution in [-0.2, 0) is 4.84 Å². The first kappa shape index (κ1) is 16.7. The summed E-state index contributed by atoms with van der Waals surface area (Å²) >= 11 is 0. The van der Waals surface area contributed by atoms with E-state index in [0.29, 0.717) is 19.0 Å². The van der Waals surface area contributed by atoms with Gasteiger partial charge in [0, 0.05) is 0 Å². The Labute approximate surface area is 120 Å². The van der Waals surface area contributed by atoms with Crippen molar-refractivity contribution in [3.05, 3.63) is 24.3 Å². The highest BCUT2D eigenvalue weighted by atomic mass is 19.2. The summed E-state index contributed by atoms with van der Waals surface area (Å²) in [4.78, 5) is 4.73. The van der Waals surface area contributed by atoms with Gasteiger partial charge in [-0.25, -0.2) is 0 Å². The zero-order valence-electron chi connectivity index (χ0n) is 12.7. The number of hydrogen-bond acceptors (Lipinski definition) is 4. The molecule has 0 saturated carbocycles. The molecule has 0 aliphatic carbocycles. The van der Waals surface area contributed by atoms with Crippen molar-refractivity contribution >= 4 is 0 Å². The highest BCUT2D eigenvalue weighted by Gasteiger charge is 2.10. The number of rotatable bonds is 8. The van der Waals surface area contributed by atoms with Crippen molar-refractivity contribution in [3.8, 4) is 11.5 Å². The highest BCUT2D eigenvalue weighted by molar-refractivity contribution is 5.31. The summed E-state index contributed by atoms with van der Waals surface area (Å²) in [5, 5.41) is 0.285. The summed E-state index contributed by atoms with van der Waals surface area (Å²) in [6.07, 6.45) is 0. The van der Waals surface area contributed by atoms with Crippen LogP contribution in [0.3, 0.4) is 0 Å². The molecule has 0 atom stereocenters. The average Bonchev–Trinajstić information content (AvgIpc) is 2.41. The third kappa shape index (κ3) is 7.31. The normalized spacial score (nSPS) is 11.7. The van der Waals surface area contributed by atoms with Crippen molar-refractivity contribution in [2.75, 3.05) is 26.4 Å². The summed E-state index contributed by atoms with van der Waals surface area (Å²) in [7, 11) is 0. The van der Waals surface area contributed by atoms with Crippen LogP contribution in [0.1, 0.15) is 27.7 Å². The van der Waals surface area contributed by atoms with Gasteiger partial charge in [-0.3, -0.25) is 4.84 Å². The molecule has 0 N–H and O–H groups in total. The van der Waals surface area contributed by atoms with Crippen LogP contribution in [0.4, 0.5) is 4.48 Å². The van der Waals surface area contributed by atoms with Crippen LogP contribution >= 0.6 is 0 Å². The lowest BCUT2D eigenvalue weighted by atomic mass is 9.99. The van der Waals surface area contributed by atoms with E-state index in [9.17, 15) is 4.48 Å². The third-order valence-electron chi connectivity index (χ3n) is 2.33. The molecular weight excluding hydrogens is 261 g/mol. The van der Waals surface area contributed by atoms with Gasteiger partial charge in [-0.2, -0.15) is 0 Å². The van der Waals surface area contributed by atoms with E-state index in [0.717, 1.165) is 5.75 Å². The molecule has 1 rings (SSSR count). The van der Waals surface area contributed by atoms with Gasteiger partial charge in [-0.1, -0.05) is 20.8 Å².